The Balaban J connectivity index is 2.37. The second-order valence-electron chi connectivity index (χ2n) is 5.90. The molecule has 1 aliphatic rings. The standard InChI is InChI=1S/C18H21BrN2O6/c1-5-26-14(23)8-27-17-12(19)6-11(7-13(17)25-4)16-15(10(3)22)9(2)20-18(24)21-16/h6-7,15-16H,5,8H2,1-4H3,(H,21,24). The number of esters is 1. The highest BCUT2D eigenvalue weighted by atomic mass is 79.9. The van der Waals surface area contributed by atoms with Crippen LogP contribution in [-0.2, 0) is 14.3 Å². The fourth-order valence-corrected chi connectivity index (χ4v) is 3.49. The van der Waals surface area contributed by atoms with Gasteiger partial charge in [-0.25, -0.2) is 14.6 Å². The summed E-state index contributed by atoms with van der Waals surface area (Å²) in [5.41, 5.74) is 1.10. The molecule has 0 aliphatic carbocycles. The summed E-state index contributed by atoms with van der Waals surface area (Å²) in [5, 5.41) is 2.72. The average Bonchev–Trinajstić information content (AvgIpc) is 2.59. The maximum atomic E-state index is 12.1. The quantitative estimate of drug-likeness (QED) is 0.653. The summed E-state index contributed by atoms with van der Waals surface area (Å²) < 4.78 is 16.2. The Labute approximate surface area is 165 Å². The summed E-state index contributed by atoms with van der Waals surface area (Å²) in [4.78, 5) is 39.3. The van der Waals surface area contributed by atoms with Gasteiger partial charge in [0.1, 0.15) is 5.78 Å². The highest BCUT2D eigenvalue weighted by Gasteiger charge is 2.35. The van der Waals surface area contributed by atoms with E-state index >= 15 is 0 Å². The second kappa shape index (κ2) is 8.98. The number of ketones is 1. The number of hydrogen-bond donors (Lipinski definition) is 1. The van der Waals surface area contributed by atoms with E-state index in [0.717, 1.165) is 0 Å². The summed E-state index contributed by atoms with van der Waals surface area (Å²) in [6.07, 6.45) is 0. The Morgan fingerprint density at radius 1 is 1.33 bits per heavy atom. The van der Waals surface area contributed by atoms with Crippen LogP contribution in [0.25, 0.3) is 0 Å². The number of carbonyl (C=O) groups is 3. The van der Waals surface area contributed by atoms with E-state index in [1.165, 1.54) is 14.0 Å². The van der Waals surface area contributed by atoms with Crippen molar-refractivity contribution in [3.63, 3.8) is 0 Å². The Hall–Kier alpha value is -2.42. The van der Waals surface area contributed by atoms with Crippen LogP contribution >= 0.6 is 15.9 Å². The molecule has 0 radical (unpaired) electrons. The van der Waals surface area contributed by atoms with E-state index in [-0.39, 0.29) is 19.0 Å². The van der Waals surface area contributed by atoms with Crippen molar-refractivity contribution in [2.75, 3.05) is 20.3 Å². The molecule has 0 saturated carbocycles. The van der Waals surface area contributed by atoms with Crippen molar-refractivity contribution in [1.29, 1.82) is 0 Å². The van der Waals surface area contributed by atoms with Crippen molar-refractivity contribution in [3.8, 4) is 11.5 Å². The van der Waals surface area contributed by atoms with Crippen molar-refractivity contribution in [3.05, 3.63) is 22.2 Å². The number of carbonyl (C=O) groups excluding carboxylic acids is 3. The first-order chi connectivity index (χ1) is 12.8. The molecule has 2 atom stereocenters. The number of Topliss-reactive ketones (excluding diaryl/α,β-unsaturated/α-hetero) is 1. The second-order valence-corrected chi connectivity index (χ2v) is 6.75. The molecule has 0 spiro atoms. The van der Waals surface area contributed by atoms with Gasteiger partial charge in [0.2, 0.25) is 0 Å². The lowest BCUT2D eigenvalue weighted by atomic mass is 9.85. The molecule has 1 aliphatic heterocycles. The molecule has 1 N–H and O–H groups in total. The van der Waals surface area contributed by atoms with Crippen LogP contribution in [0.4, 0.5) is 4.79 Å². The zero-order valence-corrected chi connectivity index (χ0v) is 17.1. The molecule has 1 aromatic carbocycles. The Morgan fingerprint density at radius 3 is 2.63 bits per heavy atom. The summed E-state index contributed by atoms with van der Waals surface area (Å²) in [6.45, 7) is 4.80. The van der Waals surface area contributed by atoms with Crippen LogP contribution in [0.15, 0.2) is 21.6 Å². The van der Waals surface area contributed by atoms with E-state index in [2.05, 4.69) is 26.2 Å². The Bertz CT molecular complexity index is 792. The van der Waals surface area contributed by atoms with Crippen molar-refractivity contribution in [1.82, 2.24) is 5.32 Å². The van der Waals surface area contributed by atoms with E-state index < -0.39 is 24.0 Å². The van der Waals surface area contributed by atoms with Crippen LogP contribution in [0, 0.1) is 5.92 Å². The first-order valence-electron chi connectivity index (χ1n) is 8.30. The molecular formula is C18H21BrN2O6. The third-order valence-electron chi connectivity index (χ3n) is 4.03. The minimum Gasteiger partial charge on any atom is -0.493 e. The fraction of sp³-hybridized carbons (Fsp3) is 0.444. The number of rotatable bonds is 7. The van der Waals surface area contributed by atoms with Gasteiger partial charge in [0.25, 0.3) is 0 Å². The molecule has 27 heavy (non-hydrogen) atoms. The first kappa shape index (κ1) is 20.9. The molecular weight excluding hydrogens is 420 g/mol. The number of urea groups is 1. The van der Waals surface area contributed by atoms with Crippen LogP contribution in [0.3, 0.4) is 0 Å². The van der Waals surface area contributed by atoms with E-state index in [0.29, 0.717) is 27.2 Å². The van der Waals surface area contributed by atoms with Gasteiger partial charge in [-0.3, -0.25) is 4.79 Å². The molecule has 0 saturated heterocycles. The lowest BCUT2D eigenvalue weighted by Crippen LogP contribution is -2.43. The normalized spacial score (nSPS) is 19.0. The molecule has 0 bridgehead atoms. The average molecular weight is 441 g/mol. The van der Waals surface area contributed by atoms with E-state index in [4.69, 9.17) is 14.2 Å². The largest absolute Gasteiger partial charge is 0.493 e. The van der Waals surface area contributed by atoms with Crippen LogP contribution in [0.5, 0.6) is 11.5 Å². The molecule has 2 unspecified atom stereocenters. The van der Waals surface area contributed by atoms with Crippen molar-refractivity contribution in [2.24, 2.45) is 10.9 Å². The minimum absolute atomic E-state index is 0.112. The third kappa shape index (κ3) is 4.85. The molecule has 2 rings (SSSR count). The monoisotopic (exact) mass is 440 g/mol. The maximum absolute atomic E-state index is 12.1. The number of nitrogens with zero attached hydrogens (tertiary/aromatic N) is 1. The molecule has 1 heterocycles. The van der Waals surface area contributed by atoms with Crippen molar-refractivity contribution < 1.29 is 28.6 Å². The summed E-state index contributed by atoms with van der Waals surface area (Å²) in [5.74, 6) is -0.523. The predicted molar refractivity (Wildman–Crippen MR) is 101 cm³/mol. The lowest BCUT2D eigenvalue weighted by molar-refractivity contribution is -0.145. The lowest BCUT2D eigenvalue weighted by Gasteiger charge is -2.30. The SMILES string of the molecule is CCOC(=O)COc1c(Br)cc(C2NC(=O)N=C(C)C2C(C)=O)cc1OC. The van der Waals surface area contributed by atoms with Crippen LogP contribution < -0.4 is 14.8 Å². The molecule has 0 fully saturated rings. The molecule has 9 heteroatoms. The summed E-state index contributed by atoms with van der Waals surface area (Å²) in [6, 6.07) is 2.28. The van der Waals surface area contributed by atoms with Crippen LogP contribution in [0.2, 0.25) is 0 Å². The van der Waals surface area contributed by atoms with Gasteiger partial charge in [-0.05, 0) is 54.4 Å². The Kier molecular flexibility index (Phi) is 6.95. The van der Waals surface area contributed by atoms with Gasteiger partial charge in [-0.1, -0.05) is 0 Å². The predicted octanol–water partition coefficient (Wildman–Crippen LogP) is 2.83. The molecule has 8 nitrogen and oxygen atoms in total. The zero-order valence-electron chi connectivity index (χ0n) is 15.5. The number of methoxy groups -OCH3 is 1. The number of ether oxygens (including phenoxy) is 3. The third-order valence-corrected chi connectivity index (χ3v) is 4.62. The molecule has 146 valence electrons. The highest BCUT2D eigenvalue weighted by Crippen LogP contribution is 2.40. The Morgan fingerprint density at radius 2 is 2.04 bits per heavy atom. The summed E-state index contributed by atoms with van der Waals surface area (Å²) >= 11 is 3.40. The smallest absolute Gasteiger partial charge is 0.344 e. The van der Waals surface area contributed by atoms with E-state index in [1.807, 2.05) is 0 Å². The maximum Gasteiger partial charge on any atom is 0.344 e. The number of aliphatic imine (C=N–C) groups is 1. The number of amides is 2. The zero-order chi connectivity index (χ0) is 20.1. The van der Waals surface area contributed by atoms with E-state index in [1.54, 1.807) is 26.0 Å². The number of nitrogens with one attached hydrogen (secondary N) is 1. The molecule has 1 aromatic rings. The number of hydrogen-bond acceptors (Lipinski definition) is 6. The minimum atomic E-state index is -0.586. The molecule has 2 amide bonds. The van der Waals surface area contributed by atoms with E-state index in [9.17, 15) is 14.4 Å². The van der Waals surface area contributed by atoms with Gasteiger partial charge >= 0.3 is 12.0 Å². The highest BCUT2D eigenvalue weighted by molar-refractivity contribution is 9.10. The number of halogens is 1. The fourth-order valence-electron chi connectivity index (χ4n) is 2.92. The van der Waals surface area contributed by atoms with Gasteiger partial charge in [0, 0.05) is 5.71 Å². The van der Waals surface area contributed by atoms with Gasteiger partial charge in [0.05, 0.1) is 30.1 Å². The van der Waals surface area contributed by atoms with Crippen LogP contribution in [-0.4, -0.2) is 43.8 Å². The summed E-state index contributed by atoms with van der Waals surface area (Å²) in [7, 11) is 1.46. The van der Waals surface area contributed by atoms with Gasteiger partial charge < -0.3 is 19.5 Å². The van der Waals surface area contributed by atoms with Crippen molar-refractivity contribution >= 4 is 39.4 Å². The van der Waals surface area contributed by atoms with Crippen molar-refractivity contribution in [2.45, 2.75) is 26.8 Å². The van der Waals surface area contributed by atoms with Gasteiger partial charge in [-0.15, -0.1) is 0 Å². The topological polar surface area (TPSA) is 103 Å². The first-order valence-corrected chi connectivity index (χ1v) is 9.09. The molecule has 0 aromatic heterocycles. The van der Waals surface area contributed by atoms with Gasteiger partial charge in [0.15, 0.2) is 18.1 Å². The number of benzene rings is 1. The van der Waals surface area contributed by atoms with Gasteiger partial charge in [-0.2, -0.15) is 0 Å². The van der Waals surface area contributed by atoms with Crippen LogP contribution in [0.1, 0.15) is 32.4 Å².